The highest BCUT2D eigenvalue weighted by atomic mass is 16.6. The highest BCUT2D eigenvalue weighted by Gasteiger charge is 2.50. The fraction of sp³-hybridized carbons (Fsp3) is 0.667. The topological polar surface area (TPSA) is 126 Å². The smallest absolute Gasteiger partial charge is 0.243 e. The van der Waals surface area contributed by atoms with E-state index >= 15 is 0 Å². The Bertz CT molecular complexity index is 1030. The molecule has 3 fully saturated rings. The van der Waals surface area contributed by atoms with Gasteiger partial charge in [-0.3, -0.25) is 19.2 Å². The number of hydrogen-bond acceptors (Lipinski definition) is 6. The molecule has 39 heavy (non-hydrogen) atoms. The summed E-state index contributed by atoms with van der Waals surface area (Å²) in [6.45, 7) is 3.74. The zero-order chi connectivity index (χ0) is 28.0. The van der Waals surface area contributed by atoms with Gasteiger partial charge in [-0.25, -0.2) is 0 Å². The van der Waals surface area contributed by atoms with Crippen molar-refractivity contribution in [2.24, 2.45) is 11.8 Å². The number of epoxide rings is 1. The highest BCUT2D eigenvalue weighted by Crippen LogP contribution is 2.33. The van der Waals surface area contributed by atoms with Gasteiger partial charge in [0.25, 0.3) is 0 Å². The zero-order valence-corrected chi connectivity index (χ0v) is 23.4. The lowest BCUT2D eigenvalue weighted by Crippen LogP contribution is -2.57. The van der Waals surface area contributed by atoms with Crippen molar-refractivity contribution >= 4 is 23.5 Å². The first-order valence-corrected chi connectivity index (χ1v) is 14.4. The fourth-order valence-electron chi connectivity index (χ4n) is 5.79. The maximum absolute atomic E-state index is 13.7. The van der Waals surface area contributed by atoms with Crippen molar-refractivity contribution in [2.45, 2.75) is 102 Å². The number of carbonyl (C=O) groups is 4. The third-order valence-electron chi connectivity index (χ3n) is 8.49. The Hall–Kier alpha value is -2.94. The predicted octanol–water partition coefficient (Wildman–Crippen LogP) is 2.84. The molecule has 1 aromatic rings. The lowest BCUT2D eigenvalue weighted by atomic mass is 9.90. The van der Waals surface area contributed by atoms with Gasteiger partial charge in [0, 0.05) is 12.3 Å². The van der Waals surface area contributed by atoms with E-state index in [2.05, 4.69) is 16.0 Å². The first-order chi connectivity index (χ1) is 18.7. The molecule has 1 saturated heterocycles. The van der Waals surface area contributed by atoms with E-state index in [0.717, 1.165) is 56.9 Å². The first kappa shape index (κ1) is 29.1. The van der Waals surface area contributed by atoms with Crippen molar-refractivity contribution in [1.82, 2.24) is 16.0 Å². The van der Waals surface area contributed by atoms with Gasteiger partial charge >= 0.3 is 0 Å². The second-order valence-electron chi connectivity index (χ2n) is 11.7. The summed E-state index contributed by atoms with van der Waals surface area (Å²) in [6.07, 6.45) is 8.86. The summed E-state index contributed by atoms with van der Waals surface area (Å²) in [5.41, 5.74) is -0.0281. The molecule has 0 spiro atoms. The molecule has 0 aromatic heterocycles. The van der Waals surface area contributed by atoms with Crippen molar-refractivity contribution in [3.8, 4) is 5.75 Å². The van der Waals surface area contributed by atoms with Gasteiger partial charge in [-0.05, 0) is 56.7 Å². The normalized spacial score (nSPS) is 23.5. The number of rotatable bonds is 13. The van der Waals surface area contributed by atoms with E-state index in [1.165, 1.54) is 0 Å². The summed E-state index contributed by atoms with van der Waals surface area (Å²) in [7, 11) is 1.58. The van der Waals surface area contributed by atoms with E-state index in [-0.39, 0.29) is 24.0 Å². The van der Waals surface area contributed by atoms with Crippen LogP contribution < -0.4 is 20.7 Å². The number of hydrogen-bond donors (Lipinski definition) is 3. The van der Waals surface area contributed by atoms with Crippen molar-refractivity contribution in [1.29, 1.82) is 0 Å². The van der Waals surface area contributed by atoms with Crippen molar-refractivity contribution in [3.63, 3.8) is 0 Å². The van der Waals surface area contributed by atoms with Crippen LogP contribution in [0.25, 0.3) is 0 Å². The minimum atomic E-state index is -0.927. The van der Waals surface area contributed by atoms with Crippen LogP contribution in [0.3, 0.4) is 0 Å². The summed E-state index contributed by atoms with van der Waals surface area (Å²) in [4.78, 5) is 52.7. The summed E-state index contributed by atoms with van der Waals surface area (Å²) in [6, 6.07) is 4.89. The van der Waals surface area contributed by atoms with Crippen LogP contribution in [-0.4, -0.2) is 60.9 Å². The van der Waals surface area contributed by atoms with Crippen LogP contribution in [0.2, 0.25) is 0 Å². The van der Waals surface area contributed by atoms with Gasteiger partial charge in [0.1, 0.15) is 23.4 Å². The molecule has 0 bridgehead atoms. The number of ether oxygens (including phenoxy) is 2. The second-order valence-corrected chi connectivity index (χ2v) is 11.7. The number of methoxy groups -OCH3 is 1. The van der Waals surface area contributed by atoms with Crippen LogP contribution >= 0.6 is 0 Å². The molecular formula is C30H43N3O6. The van der Waals surface area contributed by atoms with Gasteiger partial charge in [0.2, 0.25) is 17.7 Å². The van der Waals surface area contributed by atoms with E-state index in [4.69, 9.17) is 9.47 Å². The van der Waals surface area contributed by atoms with Crippen molar-refractivity contribution < 1.29 is 28.7 Å². The number of Topliss-reactive ketones (excluding diaryl/α,β-unsaturated/α-hetero) is 1. The maximum Gasteiger partial charge on any atom is 0.243 e. The van der Waals surface area contributed by atoms with Crippen LogP contribution in [-0.2, 0) is 30.3 Å². The van der Waals surface area contributed by atoms with E-state index in [0.29, 0.717) is 24.7 Å². The monoisotopic (exact) mass is 541 g/mol. The molecule has 2 aliphatic carbocycles. The van der Waals surface area contributed by atoms with Crippen molar-refractivity contribution in [3.05, 3.63) is 29.8 Å². The molecule has 214 valence electrons. The molecule has 0 radical (unpaired) electrons. The predicted molar refractivity (Wildman–Crippen MR) is 146 cm³/mol. The molecule has 4 atom stereocenters. The van der Waals surface area contributed by atoms with Crippen LogP contribution in [0, 0.1) is 11.8 Å². The molecule has 4 unspecified atom stereocenters. The molecule has 3 amide bonds. The molecule has 3 aliphatic rings. The number of ketones is 1. The van der Waals surface area contributed by atoms with Gasteiger partial charge in [-0.15, -0.1) is 0 Å². The number of nitrogens with one attached hydrogen (secondary N) is 3. The number of amides is 3. The van der Waals surface area contributed by atoms with Crippen LogP contribution in [0.15, 0.2) is 24.3 Å². The lowest BCUT2D eigenvalue weighted by Gasteiger charge is -2.27. The summed E-state index contributed by atoms with van der Waals surface area (Å²) < 4.78 is 10.7. The quantitative estimate of drug-likeness (QED) is 0.330. The Kier molecular flexibility index (Phi) is 9.64. The molecule has 1 aliphatic heterocycles. The molecule has 9 heteroatoms. The van der Waals surface area contributed by atoms with Crippen LogP contribution in [0.5, 0.6) is 5.75 Å². The minimum absolute atomic E-state index is 0.0630. The van der Waals surface area contributed by atoms with Crippen molar-refractivity contribution in [2.75, 3.05) is 13.7 Å². The van der Waals surface area contributed by atoms with E-state index < -0.39 is 35.5 Å². The molecular weight excluding hydrogens is 498 g/mol. The molecule has 2 saturated carbocycles. The SMILES string of the molecule is COc1ccc(CC(NC(=O)C(C)NC(=O)C2CCCC2)C(=O)NC(CC2CCCC2)C(=O)C2(C)CO2)cc1. The van der Waals surface area contributed by atoms with Gasteiger partial charge in [-0.2, -0.15) is 0 Å². The van der Waals surface area contributed by atoms with Crippen LogP contribution in [0.1, 0.15) is 77.2 Å². The zero-order valence-electron chi connectivity index (χ0n) is 23.4. The lowest BCUT2D eigenvalue weighted by molar-refractivity contribution is -0.134. The summed E-state index contributed by atoms with van der Waals surface area (Å²) in [5, 5.41) is 8.62. The standard InChI is InChI=1S/C30H43N3O6/c1-19(31-28(36)22-10-6-7-11-22)27(35)33-25(17-21-12-14-23(38-3)15-13-21)29(37)32-24(16-20-8-4-5-9-20)26(34)30(2)18-39-30/h12-15,19-20,22,24-25H,4-11,16-18H2,1-3H3,(H,31,36)(H,32,37)(H,33,35). The summed E-state index contributed by atoms with van der Waals surface area (Å²) in [5.74, 6) is -0.0954. The Balaban J connectivity index is 1.46. The second kappa shape index (κ2) is 12.9. The molecule has 1 aromatic carbocycles. The minimum Gasteiger partial charge on any atom is -0.497 e. The molecule has 1 heterocycles. The van der Waals surface area contributed by atoms with Crippen LogP contribution in [0.4, 0.5) is 0 Å². The Morgan fingerprint density at radius 2 is 1.51 bits per heavy atom. The average molecular weight is 542 g/mol. The van der Waals surface area contributed by atoms with Gasteiger partial charge in [0.15, 0.2) is 5.78 Å². The maximum atomic E-state index is 13.7. The van der Waals surface area contributed by atoms with E-state index in [1.807, 2.05) is 12.1 Å². The largest absolute Gasteiger partial charge is 0.497 e. The molecule has 3 N–H and O–H groups in total. The first-order valence-electron chi connectivity index (χ1n) is 14.4. The van der Waals surface area contributed by atoms with E-state index in [1.54, 1.807) is 33.1 Å². The third kappa shape index (κ3) is 7.81. The van der Waals surface area contributed by atoms with E-state index in [9.17, 15) is 19.2 Å². The number of benzene rings is 1. The Morgan fingerprint density at radius 1 is 0.923 bits per heavy atom. The average Bonchev–Trinajstić information content (AvgIpc) is 3.32. The van der Waals surface area contributed by atoms with Gasteiger partial charge in [-0.1, -0.05) is 50.7 Å². The highest BCUT2D eigenvalue weighted by molar-refractivity contribution is 5.98. The Labute approximate surface area is 231 Å². The van der Waals surface area contributed by atoms with Gasteiger partial charge in [0.05, 0.1) is 19.8 Å². The Morgan fingerprint density at radius 3 is 2.10 bits per heavy atom. The van der Waals surface area contributed by atoms with Gasteiger partial charge < -0.3 is 25.4 Å². The molecule has 4 rings (SSSR count). The number of carbonyl (C=O) groups excluding carboxylic acids is 4. The fourth-order valence-corrected chi connectivity index (χ4v) is 5.79. The summed E-state index contributed by atoms with van der Waals surface area (Å²) >= 11 is 0. The third-order valence-corrected chi connectivity index (χ3v) is 8.49. The molecule has 9 nitrogen and oxygen atoms in total.